The van der Waals surface area contributed by atoms with Crippen molar-refractivity contribution in [2.45, 2.75) is 19.9 Å². The van der Waals surface area contributed by atoms with Crippen LogP contribution >= 0.6 is 22.9 Å². The lowest BCUT2D eigenvalue weighted by atomic mass is 10.1. The first-order valence-corrected chi connectivity index (χ1v) is 9.74. The van der Waals surface area contributed by atoms with E-state index >= 15 is 0 Å². The summed E-state index contributed by atoms with van der Waals surface area (Å²) in [6, 6.07) is 8.63. The number of aromatic nitrogens is 3. The molecule has 2 aromatic heterocycles. The molecule has 3 rings (SSSR count). The van der Waals surface area contributed by atoms with Crippen LogP contribution in [0.5, 0.6) is 0 Å². The van der Waals surface area contributed by atoms with E-state index in [9.17, 15) is 9.59 Å². The average Bonchev–Trinajstić information content (AvgIpc) is 3.10. The molecule has 0 aliphatic rings. The first-order chi connectivity index (χ1) is 13.5. The Labute approximate surface area is 171 Å². The van der Waals surface area contributed by atoms with E-state index < -0.39 is 5.91 Å². The number of hydrogen-bond acceptors (Lipinski definition) is 6. The van der Waals surface area contributed by atoms with Gasteiger partial charge in [-0.15, -0.1) is 11.3 Å². The molecule has 0 unspecified atom stereocenters. The van der Waals surface area contributed by atoms with E-state index in [0.29, 0.717) is 18.2 Å². The molecular formula is C19H19ClN4O3S. The molecule has 2 heterocycles. The number of methoxy groups -OCH3 is 1. The van der Waals surface area contributed by atoms with Crippen molar-refractivity contribution in [2.24, 2.45) is 0 Å². The number of carbonyl (C=O) groups excluding carboxylic acids is 1. The number of nitrogens with one attached hydrogen (secondary N) is 1. The number of nitrogens with zero attached hydrogens (tertiary/aromatic N) is 3. The number of carbonyl (C=O) groups is 1. The summed E-state index contributed by atoms with van der Waals surface area (Å²) in [4.78, 5) is 29.4. The zero-order valence-corrected chi connectivity index (χ0v) is 17.0. The highest BCUT2D eigenvalue weighted by Gasteiger charge is 2.13. The van der Waals surface area contributed by atoms with Crippen LogP contribution < -0.4 is 10.9 Å². The molecule has 0 fully saturated rings. The molecule has 3 aromatic rings. The molecule has 1 aromatic carbocycles. The van der Waals surface area contributed by atoms with Gasteiger partial charge in [-0.3, -0.25) is 14.9 Å². The number of benzene rings is 1. The first kappa shape index (κ1) is 20.2. The van der Waals surface area contributed by atoms with Crippen molar-refractivity contribution >= 4 is 34.0 Å². The van der Waals surface area contributed by atoms with Crippen molar-refractivity contribution in [1.82, 2.24) is 14.8 Å². The maximum absolute atomic E-state index is 12.4. The van der Waals surface area contributed by atoms with Gasteiger partial charge >= 0.3 is 0 Å². The van der Waals surface area contributed by atoms with Crippen LogP contribution in [0.15, 0.2) is 41.3 Å². The van der Waals surface area contributed by atoms with Gasteiger partial charge in [-0.25, -0.2) is 9.67 Å². The molecule has 7 nitrogen and oxygen atoms in total. The molecule has 0 aliphatic heterocycles. The molecule has 0 radical (unpaired) electrons. The SMILES string of the molecule is COCCn1nc(C(=O)Nc2ncc(Cc3ccc(C)c(Cl)c3)s2)ccc1=O. The Balaban J connectivity index is 1.68. The molecule has 0 atom stereocenters. The van der Waals surface area contributed by atoms with Gasteiger partial charge in [-0.2, -0.15) is 5.10 Å². The lowest BCUT2D eigenvalue weighted by Crippen LogP contribution is -2.27. The fraction of sp³-hybridized carbons (Fsp3) is 0.263. The monoisotopic (exact) mass is 418 g/mol. The number of hydrogen-bond donors (Lipinski definition) is 1. The van der Waals surface area contributed by atoms with Crippen molar-refractivity contribution in [3.63, 3.8) is 0 Å². The maximum atomic E-state index is 12.4. The minimum atomic E-state index is -0.426. The van der Waals surface area contributed by atoms with Crippen molar-refractivity contribution in [1.29, 1.82) is 0 Å². The highest BCUT2D eigenvalue weighted by atomic mass is 35.5. The third-order valence-electron chi connectivity index (χ3n) is 4.00. The van der Waals surface area contributed by atoms with Crippen LogP contribution in [-0.2, 0) is 17.7 Å². The second kappa shape index (κ2) is 9.09. The summed E-state index contributed by atoms with van der Waals surface area (Å²) in [6.45, 7) is 2.56. The lowest BCUT2D eigenvalue weighted by molar-refractivity contribution is 0.101. The van der Waals surface area contributed by atoms with Crippen molar-refractivity contribution in [3.05, 3.63) is 73.6 Å². The number of anilines is 1. The van der Waals surface area contributed by atoms with E-state index in [-0.39, 0.29) is 17.8 Å². The molecule has 146 valence electrons. The summed E-state index contributed by atoms with van der Waals surface area (Å²) in [7, 11) is 1.53. The summed E-state index contributed by atoms with van der Waals surface area (Å²) in [5, 5.41) is 7.99. The quantitative estimate of drug-likeness (QED) is 0.637. The van der Waals surface area contributed by atoms with Gasteiger partial charge in [-0.1, -0.05) is 23.7 Å². The predicted molar refractivity (Wildman–Crippen MR) is 109 cm³/mol. The Morgan fingerprint density at radius 1 is 1.32 bits per heavy atom. The van der Waals surface area contributed by atoms with E-state index in [1.54, 1.807) is 6.20 Å². The topological polar surface area (TPSA) is 86.1 Å². The fourth-order valence-corrected chi connectivity index (χ4v) is 3.51. The largest absolute Gasteiger partial charge is 0.383 e. The van der Waals surface area contributed by atoms with Gasteiger partial charge in [0, 0.05) is 35.7 Å². The van der Waals surface area contributed by atoms with Crippen molar-refractivity contribution in [2.75, 3.05) is 19.0 Å². The zero-order chi connectivity index (χ0) is 20.1. The Bertz CT molecular complexity index is 1050. The molecule has 28 heavy (non-hydrogen) atoms. The molecule has 1 amide bonds. The third kappa shape index (κ3) is 5.03. The van der Waals surface area contributed by atoms with Crippen LogP contribution in [0.1, 0.15) is 26.5 Å². The van der Waals surface area contributed by atoms with Crippen LogP contribution in [0.4, 0.5) is 5.13 Å². The van der Waals surface area contributed by atoms with Gasteiger partial charge in [0.25, 0.3) is 11.5 Å². The molecular weight excluding hydrogens is 400 g/mol. The number of halogens is 1. The third-order valence-corrected chi connectivity index (χ3v) is 5.32. The van der Waals surface area contributed by atoms with Gasteiger partial charge in [0.15, 0.2) is 5.13 Å². The second-order valence-electron chi connectivity index (χ2n) is 6.12. The summed E-state index contributed by atoms with van der Waals surface area (Å²) < 4.78 is 6.15. The number of thiazole rings is 1. The van der Waals surface area contributed by atoms with E-state index in [4.69, 9.17) is 16.3 Å². The summed E-state index contributed by atoms with van der Waals surface area (Å²) in [5.74, 6) is -0.426. The van der Waals surface area contributed by atoms with Gasteiger partial charge in [-0.05, 0) is 30.2 Å². The van der Waals surface area contributed by atoms with Crippen molar-refractivity contribution < 1.29 is 9.53 Å². The zero-order valence-electron chi connectivity index (χ0n) is 15.4. The standard InChI is InChI=1S/C19H19ClN4O3S/c1-12-3-4-13(10-15(12)20)9-14-11-21-19(28-14)22-18(26)16-5-6-17(25)24(23-16)7-8-27-2/h3-6,10-11H,7-9H2,1-2H3,(H,21,22,26). The molecule has 9 heteroatoms. The highest BCUT2D eigenvalue weighted by molar-refractivity contribution is 7.15. The van der Waals surface area contributed by atoms with Gasteiger partial charge in [0.2, 0.25) is 0 Å². The maximum Gasteiger partial charge on any atom is 0.277 e. The average molecular weight is 419 g/mol. The van der Waals surface area contributed by atoms with E-state index in [2.05, 4.69) is 15.4 Å². The van der Waals surface area contributed by atoms with Crippen LogP contribution in [0, 0.1) is 6.92 Å². The first-order valence-electron chi connectivity index (χ1n) is 8.54. The lowest BCUT2D eigenvalue weighted by Gasteiger charge is -2.06. The number of rotatable bonds is 7. The van der Waals surface area contributed by atoms with Crippen molar-refractivity contribution in [3.8, 4) is 0 Å². The molecule has 0 saturated carbocycles. The number of ether oxygens (including phenoxy) is 1. The van der Waals surface area contributed by atoms with E-state index in [1.165, 1.54) is 35.3 Å². The minimum Gasteiger partial charge on any atom is -0.383 e. The number of amides is 1. The molecule has 0 bridgehead atoms. The molecule has 0 spiro atoms. The van der Waals surface area contributed by atoms with E-state index in [0.717, 1.165) is 21.0 Å². The minimum absolute atomic E-state index is 0.137. The second-order valence-corrected chi connectivity index (χ2v) is 7.64. The Hall–Kier alpha value is -2.55. The molecule has 0 aliphatic carbocycles. The Morgan fingerprint density at radius 2 is 2.14 bits per heavy atom. The Morgan fingerprint density at radius 3 is 2.89 bits per heavy atom. The summed E-state index contributed by atoms with van der Waals surface area (Å²) in [5.41, 5.74) is 1.95. The molecule has 1 N–H and O–H groups in total. The summed E-state index contributed by atoms with van der Waals surface area (Å²) in [6.07, 6.45) is 2.40. The van der Waals surface area contributed by atoms with Crippen LogP contribution in [-0.4, -0.2) is 34.4 Å². The number of aryl methyl sites for hydroxylation is 1. The van der Waals surface area contributed by atoms with Gasteiger partial charge < -0.3 is 4.74 Å². The van der Waals surface area contributed by atoms with Gasteiger partial charge in [0.1, 0.15) is 5.69 Å². The van der Waals surface area contributed by atoms with Crippen LogP contribution in [0.25, 0.3) is 0 Å². The fourth-order valence-electron chi connectivity index (χ4n) is 2.46. The molecule has 0 saturated heterocycles. The smallest absolute Gasteiger partial charge is 0.277 e. The van der Waals surface area contributed by atoms with Crippen LogP contribution in [0.2, 0.25) is 5.02 Å². The van der Waals surface area contributed by atoms with E-state index in [1.807, 2.05) is 25.1 Å². The van der Waals surface area contributed by atoms with Gasteiger partial charge in [0.05, 0.1) is 13.2 Å². The summed E-state index contributed by atoms with van der Waals surface area (Å²) >= 11 is 7.55. The van der Waals surface area contributed by atoms with Crippen LogP contribution in [0.3, 0.4) is 0 Å². The predicted octanol–water partition coefficient (Wildman–Crippen LogP) is 3.15. The Kier molecular flexibility index (Phi) is 6.56. The highest BCUT2D eigenvalue weighted by Crippen LogP contribution is 2.24. The normalized spacial score (nSPS) is 10.8.